The molecule has 0 saturated heterocycles. The molecule has 2 rings (SSSR count). The van der Waals surface area contributed by atoms with E-state index in [1.807, 2.05) is 6.07 Å². The van der Waals surface area contributed by atoms with E-state index in [1.54, 1.807) is 6.20 Å². The lowest BCUT2D eigenvalue weighted by Gasteiger charge is -1.90. The molecule has 0 radical (unpaired) electrons. The second kappa shape index (κ2) is 2.87. The third-order valence-corrected chi connectivity index (χ3v) is 1.83. The summed E-state index contributed by atoms with van der Waals surface area (Å²) >= 11 is 0. The monoisotopic (exact) mass is 175 g/mol. The Morgan fingerprint density at radius 3 is 3.23 bits per heavy atom. The molecule has 2 aromatic rings. The van der Waals surface area contributed by atoms with Crippen LogP contribution in [0.15, 0.2) is 18.5 Å². The number of hydrogen-bond acceptors (Lipinski definition) is 2. The normalized spacial score (nSPS) is 10.2. The van der Waals surface area contributed by atoms with Gasteiger partial charge in [-0.05, 0) is 0 Å². The molecule has 0 atom stereocenters. The fourth-order valence-electron chi connectivity index (χ4n) is 1.26. The summed E-state index contributed by atoms with van der Waals surface area (Å²) in [5.74, 6) is -0.377. The number of pyridine rings is 1. The van der Waals surface area contributed by atoms with Crippen molar-refractivity contribution in [3.05, 3.63) is 29.8 Å². The van der Waals surface area contributed by atoms with E-state index in [4.69, 9.17) is 5.26 Å². The van der Waals surface area contributed by atoms with Gasteiger partial charge in [0.05, 0.1) is 29.7 Å². The van der Waals surface area contributed by atoms with Crippen LogP contribution in [-0.4, -0.2) is 9.97 Å². The minimum Gasteiger partial charge on any atom is -0.359 e. The van der Waals surface area contributed by atoms with Crippen LogP contribution in [0.25, 0.3) is 11.0 Å². The number of nitrogens with zero attached hydrogens (tertiary/aromatic N) is 2. The Morgan fingerprint density at radius 1 is 1.62 bits per heavy atom. The number of nitriles is 1. The molecule has 2 aromatic heterocycles. The molecule has 0 aromatic carbocycles. The quantitative estimate of drug-likeness (QED) is 0.718. The average molecular weight is 175 g/mol. The standard InChI is InChI=1S/C9H6FN3/c10-7-3-8-9(13-5-7)6(1-2-11)4-12-8/h3-5,12H,1H2. The van der Waals surface area contributed by atoms with Gasteiger partial charge in [0.15, 0.2) is 0 Å². The zero-order valence-corrected chi connectivity index (χ0v) is 6.71. The van der Waals surface area contributed by atoms with Crippen LogP contribution in [0.5, 0.6) is 0 Å². The van der Waals surface area contributed by atoms with E-state index in [1.165, 1.54) is 6.07 Å². The maximum atomic E-state index is 12.7. The molecule has 0 aliphatic carbocycles. The average Bonchev–Trinajstić information content (AvgIpc) is 2.49. The van der Waals surface area contributed by atoms with Gasteiger partial charge in [0, 0.05) is 17.8 Å². The minimum absolute atomic E-state index is 0.290. The first kappa shape index (κ1) is 7.74. The molecule has 0 unspecified atom stereocenters. The highest BCUT2D eigenvalue weighted by molar-refractivity contribution is 5.78. The van der Waals surface area contributed by atoms with Gasteiger partial charge in [0.1, 0.15) is 5.82 Å². The number of fused-ring (bicyclic) bond motifs is 1. The Kier molecular flexibility index (Phi) is 1.71. The number of aromatic nitrogens is 2. The van der Waals surface area contributed by atoms with Crippen molar-refractivity contribution < 1.29 is 4.39 Å². The number of rotatable bonds is 1. The molecular weight excluding hydrogens is 169 g/mol. The molecule has 0 spiro atoms. The number of aromatic amines is 1. The summed E-state index contributed by atoms with van der Waals surface area (Å²) in [6, 6.07) is 3.39. The molecule has 3 nitrogen and oxygen atoms in total. The van der Waals surface area contributed by atoms with Crippen molar-refractivity contribution in [2.45, 2.75) is 6.42 Å². The van der Waals surface area contributed by atoms with E-state index in [0.29, 0.717) is 17.5 Å². The van der Waals surface area contributed by atoms with Gasteiger partial charge in [-0.3, -0.25) is 4.98 Å². The summed E-state index contributed by atoms with van der Waals surface area (Å²) < 4.78 is 12.7. The van der Waals surface area contributed by atoms with E-state index in [9.17, 15) is 4.39 Å². The molecule has 64 valence electrons. The fourth-order valence-corrected chi connectivity index (χ4v) is 1.26. The first-order valence-electron chi connectivity index (χ1n) is 3.79. The fraction of sp³-hybridized carbons (Fsp3) is 0.111. The molecule has 0 amide bonds. The van der Waals surface area contributed by atoms with Crippen molar-refractivity contribution >= 4 is 11.0 Å². The van der Waals surface area contributed by atoms with Crippen molar-refractivity contribution in [3.8, 4) is 6.07 Å². The maximum Gasteiger partial charge on any atom is 0.143 e. The molecule has 0 fully saturated rings. The number of hydrogen-bond donors (Lipinski definition) is 1. The second-order valence-corrected chi connectivity index (χ2v) is 2.70. The summed E-state index contributed by atoms with van der Waals surface area (Å²) in [4.78, 5) is 6.76. The summed E-state index contributed by atoms with van der Waals surface area (Å²) in [5, 5.41) is 8.49. The Morgan fingerprint density at radius 2 is 2.46 bits per heavy atom. The van der Waals surface area contributed by atoms with Crippen LogP contribution in [0, 0.1) is 17.1 Å². The summed E-state index contributed by atoms with van der Waals surface area (Å²) in [7, 11) is 0. The van der Waals surface area contributed by atoms with E-state index in [-0.39, 0.29) is 5.82 Å². The van der Waals surface area contributed by atoms with Crippen molar-refractivity contribution in [1.82, 2.24) is 9.97 Å². The Bertz CT molecular complexity index is 481. The highest BCUT2D eigenvalue weighted by atomic mass is 19.1. The number of nitrogens with one attached hydrogen (secondary N) is 1. The van der Waals surface area contributed by atoms with E-state index in [2.05, 4.69) is 9.97 Å². The lowest BCUT2D eigenvalue weighted by Crippen LogP contribution is -1.82. The third-order valence-electron chi connectivity index (χ3n) is 1.83. The van der Waals surface area contributed by atoms with Gasteiger partial charge in [-0.1, -0.05) is 0 Å². The van der Waals surface area contributed by atoms with Crippen LogP contribution in [0.1, 0.15) is 5.56 Å². The van der Waals surface area contributed by atoms with Crippen molar-refractivity contribution in [3.63, 3.8) is 0 Å². The van der Waals surface area contributed by atoms with Gasteiger partial charge < -0.3 is 4.98 Å². The molecule has 0 bridgehead atoms. The lowest BCUT2D eigenvalue weighted by atomic mass is 10.2. The predicted octanol–water partition coefficient (Wildman–Crippen LogP) is 1.77. The van der Waals surface area contributed by atoms with Crippen LogP contribution in [0.4, 0.5) is 4.39 Å². The van der Waals surface area contributed by atoms with Crippen molar-refractivity contribution in [1.29, 1.82) is 5.26 Å². The number of halogens is 1. The van der Waals surface area contributed by atoms with Crippen LogP contribution < -0.4 is 0 Å². The predicted molar refractivity (Wildman–Crippen MR) is 45.4 cm³/mol. The van der Waals surface area contributed by atoms with Gasteiger partial charge in [-0.2, -0.15) is 5.26 Å². The van der Waals surface area contributed by atoms with Crippen LogP contribution in [0.3, 0.4) is 0 Å². The van der Waals surface area contributed by atoms with Gasteiger partial charge in [0.25, 0.3) is 0 Å². The smallest absolute Gasteiger partial charge is 0.143 e. The van der Waals surface area contributed by atoms with E-state index >= 15 is 0 Å². The molecular formula is C9H6FN3. The maximum absolute atomic E-state index is 12.7. The van der Waals surface area contributed by atoms with Crippen LogP contribution in [-0.2, 0) is 6.42 Å². The summed E-state index contributed by atoms with van der Waals surface area (Å²) in [6.45, 7) is 0. The molecule has 0 aliphatic heterocycles. The van der Waals surface area contributed by atoms with Gasteiger partial charge >= 0.3 is 0 Å². The SMILES string of the molecule is N#CCc1c[nH]c2cc(F)cnc12. The molecule has 4 heteroatoms. The zero-order chi connectivity index (χ0) is 9.26. The van der Waals surface area contributed by atoms with Crippen molar-refractivity contribution in [2.75, 3.05) is 0 Å². The number of H-pyrrole nitrogens is 1. The largest absolute Gasteiger partial charge is 0.359 e. The molecule has 1 N–H and O–H groups in total. The van der Waals surface area contributed by atoms with Gasteiger partial charge in [0.2, 0.25) is 0 Å². The molecule has 13 heavy (non-hydrogen) atoms. The second-order valence-electron chi connectivity index (χ2n) is 2.70. The van der Waals surface area contributed by atoms with Crippen LogP contribution in [0.2, 0.25) is 0 Å². The highest BCUT2D eigenvalue weighted by Crippen LogP contribution is 2.16. The van der Waals surface area contributed by atoms with E-state index in [0.717, 1.165) is 11.8 Å². The zero-order valence-electron chi connectivity index (χ0n) is 6.71. The molecule has 0 saturated carbocycles. The summed E-state index contributed by atoms with van der Waals surface area (Å²) in [6.07, 6.45) is 3.12. The first-order valence-corrected chi connectivity index (χ1v) is 3.79. The molecule has 2 heterocycles. The Labute approximate surface area is 73.8 Å². The first-order chi connectivity index (χ1) is 6.31. The topological polar surface area (TPSA) is 52.5 Å². The van der Waals surface area contributed by atoms with Crippen LogP contribution >= 0.6 is 0 Å². The lowest BCUT2D eigenvalue weighted by molar-refractivity contribution is 0.624. The Balaban J connectivity index is 2.63. The summed E-state index contributed by atoms with van der Waals surface area (Å²) in [5.41, 5.74) is 2.10. The van der Waals surface area contributed by atoms with Gasteiger partial charge in [-0.15, -0.1) is 0 Å². The highest BCUT2D eigenvalue weighted by Gasteiger charge is 2.04. The molecule has 0 aliphatic rings. The van der Waals surface area contributed by atoms with Gasteiger partial charge in [-0.25, -0.2) is 4.39 Å². The van der Waals surface area contributed by atoms with Crippen molar-refractivity contribution in [2.24, 2.45) is 0 Å². The Hall–Kier alpha value is -1.89. The third kappa shape index (κ3) is 1.25. The minimum atomic E-state index is -0.377. The van der Waals surface area contributed by atoms with E-state index < -0.39 is 0 Å².